The molecule has 1 heterocycles. The lowest BCUT2D eigenvalue weighted by atomic mass is 9.95. The Bertz CT molecular complexity index is 413. The van der Waals surface area contributed by atoms with E-state index in [0.717, 1.165) is 12.2 Å². The van der Waals surface area contributed by atoms with Crippen LogP contribution in [0.4, 0.5) is 0 Å². The van der Waals surface area contributed by atoms with Gasteiger partial charge in [-0.25, -0.2) is 0 Å². The van der Waals surface area contributed by atoms with Gasteiger partial charge in [-0.3, -0.25) is 9.59 Å². The number of rotatable bonds is 5. The van der Waals surface area contributed by atoms with Gasteiger partial charge in [-0.15, -0.1) is 0 Å². The quantitative estimate of drug-likeness (QED) is 0.829. The predicted octanol–water partition coefficient (Wildman–Crippen LogP) is 1.44. The lowest BCUT2D eigenvalue weighted by Gasteiger charge is -2.15. The van der Waals surface area contributed by atoms with E-state index in [-0.39, 0.29) is 11.8 Å². The van der Waals surface area contributed by atoms with Crippen LogP contribution >= 0.6 is 0 Å². The van der Waals surface area contributed by atoms with Crippen LogP contribution in [-0.2, 0) is 16.0 Å². The van der Waals surface area contributed by atoms with E-state index in [4.69, 9.17) is 9.52 Å². The summed E-state index contributed by atoms with van der Waals surface area (Å²) < 4.78 is 5.15. The van der Waals surface area contributed by atoms with Crippen LogP contribution < -0.4 is 5.32 Å². The van der Waals surface area contributed by atoms with Crippen LogP contribution in [0.2, 0.25) is 0 Å². The summed E-state index contributed by atoms with van der Waals surface area (Å²) in [5, 5.41) is 11.8. The number of carbonyl (C=O) groups excluding carboxylic acids is 1. The fraction of sp³-hybridized carbons (Fsp3) is 0.538. The number of hydrogen-bond donors (Lipinski definition) is 2. The molecule has 5 heteroatoms. The number of nitrogens with one attached hydrogen (secondary N) is 1. The molecule has 0 bridgehead atoms. The molecule has 5 nitrogen and oxygen atoms in total. The van der Waals surface area contributed by atoms with E-state index in [1.807, 2.05) is 6.07 Å². The zero-order valence-corrected chi connectivity index (χ0v) is 10.1. The predicted molar refractivity (Wildman–Crippen MR) is 63.9 cm³/mol. The number of furan rings is 1. The summed E-state index contributed by atoms with van der Waals surface area (Å²) >= 11 is 0. The van der Waals surface area contributed by atoms with Crippen LogP contribution in [0.15, 0.2) is 22.8 Å². The Hall–Kier alpha value is -1.78. The van der Waals surface area contributed by atoms with Crippen LogP contribution in [0, 0.1) is 11.8 Å². The standard InChI is InChI=1S/C13H17NO4/c15-12(10-4-1-5-11(10)13(16)17)14-7-6-9-3-2-8-18-9/h2-3,8,10-11H,1,4-7H2,(H,14,15)(H,16,17)/t10-,11+/m1/s1. The first kappa shape index (κ1) is 12.7. The maximum Gasteiger partial charge on any atom is 0.307 e. The Labute approximate surface area is 105 Å². The number of amides is 1. The van der Waals surface area contributed by atoms with Gasteiger partial charge < -0.3 is 14.8 Å². The number of carboxylic acids is 1. The molecule has 1 amide bonds. The lowest BCUT2D eigenvalue weighted by molar-refractivity contribution is -0.146. The molecule has 0 spiro atoms. The molecule has 0 radical (unpaired) electrons. The van der Waals surface area contributed by atoms with Crippen LogP contribution in [0.5, 0.6) is 0 Å². The van der Waals surface area contributed by atoms with E-state index in [9.17, 15) is 9.59 Å². The Kier molecular flexibility index (Phi) is 4.02. The van der Waals surface area contributed by atoms with Gasteiger partial charge in [-0.2, -0.15) is 0 Å². The molecule has 1 fully saturated rings. The van der Waals surface area contributed by atoms with Gasteiger partial charge in [0.1, 0.15) is 5.76 Å². The van der Waals surface area contributed by atoms with Crippen molar-refractivity contribution in [2.24, 2.45) is 11.8 Å². The molecule has 1 aromatic rings. The van der Waals surface area contributed by atoms with Gasteiger partial charge in [0.25, 0.3) is 0 Å². The molecule has 1 aliphatic rings. The van der Waals surface area contributed by atoms with Crippen molar-refractivity contribution in [1.82, 2.24) is 5.32 Å². The monoisotopic (exact) mass is 251 g/mol. The summed E-state index contributed by atoms with van der Waals surface area (Å²) in [5.74, 6) is -1.09. The van der Waals surface area contributed by atoms with E-state index >= 15 is 0 Å². The topological polar surface area (TPSA) is 79.5 Å². The van der Waals surface area contributed by atoms with Crippen molar-refractivity contribution < 1.29 is 19.1 Å². The zero-order valence-electron chi connectivity index (χ0n) is 10.1. The maximum absolute atomic E-state index is 11.9. The zero-order chi connectivity index (χ0) is 13.0. The summed E-state index contributed by atoms with van der Waals surface area (Å²) in [6, 6.07) is 3.65. The minimum Gasteiger partial charge on any atom is -0.481 e. The lowest BCUT2D eigenvalue weighted by Crippen LogP contribution is -2.36. The average Bonchev–Trinajstić information content (AvgIpc) is 2.99. The Morgan fingerprint density at radius 1 is 1.39 bits per heavy atom. The first-order chi connectivity index (χ1) is 8.68. The Morgan fingerprint density at radius 3 is 2.83 bits per heavy atom. The molecular formula is C13H17NO4. The smallest absolute Gasteiger partial charge is 0.307 e. The van der Waals surface area contributed by atoms with Crippen LogP contribution in [0.1, 0.15) is 25.0 Å². The molecule has 1 saturated carbocycles. The van der Waals surface area contributed by atoms with Gasteiger partial charge in [0.2, 0.25) is 5.91 Å². The fourth-order valence-electron chi connectivity index (χ4n) is 2.46. The van der Waals surface area contributed by atoms with E-state index in [0.29, 0.717) is 25.8 Å². The molecule has 18 heavy (non-hydrogen) atoms. The molecule has 1 aliphatic carbocycles. The molecule has 0 unspecified atom stereocenters. The van der Waals surface area contributed by atoms with Gasteiger partial charge in [-0.1, -0.05) is 6.42 Å². The van der Waals surface area contributed by atoms with Gasteiger partial charge in [0.05, 0.1) is 18.1 Å². The molecule has 98 valence electrons. The largest absolute Gasteiger partial charge is 0.481 e. The molecule has 0 aromatic carbocycles. The molecular weight excluding hydrogens is 234 g/mol. The van der Waals surface area contributed by atoms with E-state index < -0.39 is 11.9 Å². The highest BCUT2D eigenvalue weighted by atomic mass is 16.4. The highest BCUT2D eigenvalue weighted by Gasteiger charge is 2.37. The fourth-order valence-corrected chi connectivity index (χ4v) is 2.46. The summed E-state index contributed by atoms with van der Waals surface area (Å²) in [6.07, 6.45) is 4.31. The number of carbonyl (C=O) groups is 2. The van der Waals surface area contributed by atoms with Crippen LogP contribution in [-0.4, -0.2) is 23.5 Å². The number of carboxylic acid groups (broad SMARTS) is 1. The van der Waals surface area contributed by atoms with Crippen molar-refractivity contribution >= 4 is 11.9 Å². The van der Waals surface area contributed by atoms with Gasteiger partial charge in [0.15, 0.2) is 0 Å². The van der Waals surface area contributed by atoms with E-state index in [1.54, 1.807) is 12.3 Å². The second-order valence-corrected chi connectivity index (χ2v) is 4.60. The van der Waals surface area contributed by atoms with Crippen LogP contribution in [0.3, 0.4) is 0 Å². The SMILES string of the molecule is O=C(O)[C@H]1CCC[C@H]1C(=O)NCCc1ccco1. The normalized spacial score (nSPS) is 22.9. The van der Waals surface area contributed by atoms with Crippen molar-refractivity contribution in [3.8, 4) is 0 Å². The maximum atomic E-state index is 11.9. The van der Waals surface area contributed by atoms with Gasteiger partial charge in [0, 0.05) is 13.0 Å². The first-order valence-electron chi connectivity index (χ1n) is 6.21. The third-order valence-electron chi connectivity index (χ3n) is 3.42. The molecule has 1 aromatic heterocycles. The average molecular weight is 251 g/mol. The molecule has 2 N–H and O–H groups in total. The third kappa shape index (κ3) is 2.91. The minimum atomic E-state index is -0.862. The van der Waals surface area contributed by atoms with Crippen molar-refractivity contribution in [2.45, 2.75) is 25.7 Å². The highest BCUT2D eigenvalue weighted by Crippen LogP contribution is 2.31. The second kappa shape index (κ2) is 5.71. The van der Waals surface area contributed by atoms with Crippen LogP contribution in [0.25, 0.3) is 0 Å². The molecule has 2 atom stereocenters. The summed E-state index contributed by atoms with van der Waals surface area (Å²) in [5.41, 5.74) is 0. The van der Waals surface area contributed by atoms with Crippen molar-refractivity contribution in [1.29, 1.82) is 0 Å². The van der Waals surface area contributed by atoms with Gasteiger partial charge >= 0.3 is 5.97 Å². The van der Waals surface area contributed by atoms with E-state index in [2.05, 4.69) is 5.32 Å². The third-order valence-corrected chi connectivity index (χ3v) is 3.42. The van der Waals surface area contributed by atoms with Crippen molar-refractivity contribution in [3.05, 3.63) is 24.2 Å². The Balaban J connectivity index is 1.79. The summed E-state index contributed by atoms with van der Waals surface area (Å²) in [6.45, 7) is 0.481. The number of hydrogen-bond acceptors (Lipinski definition) is 3. The van der Waals surface area contributed by atoms with Crippen molar-refractivity contribution in [3.63, 3.8) is 0 Å². The Morgan fingerprint density at radius 2 is 2.17 bits per heavy atom. The highest BCUT2D eigenvalue weighted by molar-refractivity contribution is 5.85. The van der Waals surface area contributed by atoms with E-state index in [1.165, 1.54) is 0 Å². The second-order valence-electron chi connectivity index (χ2n) is 4.60. The molecule has 0 aliphatic heterocycles. The molecule has 0 saturated heterocycles. The number of aliphatic carboxylic acids is 1. The minimum absolute atomic E-state index is 0.147. The summed E-state index contributed by atoms with van der Waals surface area (Å²) in [7, 11) is 0. The first-order valence-corrected chi connectivity index (χ1v) is 6.21. The van der Waals surface area contributed by atoms with Gasteiger partial charge in [-0.05, 0) is 25.0 Å². The molecule has 2 rings (SSSR count). The van der Waals surface area contributed by atoms with Crippen molar-refractivity contribution in [2.75, 3.05) is 6.54 Å². The summed E-state index contributed by atoms with van der Waals surface area (Å²) in [4.78, 5) is 22.9.